The minimum atomic E-state index is -3.35. The molecule has 0 saturated carbocycles. The lowest BCUT2D eigenvalue weighted by Crippen LogP contribution is -2.60. The largest absolute Gasteiger partial charge is 0.383 e. The molecule has 1 aliphatic heterocycles. The molecule has 24 heavy (non-hydrogen) atoms. The van der Waals surface area contributed by atoms with Crippen molar-refractivity contribution in [2.75, 3.05) is 38.7 Å². The Kier molecular flexibility index (Phi) is 5.67. The second kappa shape index (κ2) is 7.21. The Labute approximate surface area is 144 Å². The molecule has 1 saturated heterocycles. The van der Waals surface area contributed by atoms with Gasteiger partial charge in [0.1, 0.15) is 11.4 Å². The van der Waals surface area contributed by atoms with Gasteiger partial charge in [-0.15, -0.1) is 0 Å². The third-order valence-electron chi connectivity index (χ3n) is 4.74. The number of rotatable bonds is 5. The molecule has 1 N–H and O–H groups in total. The highest BCUT2D eigenvalue weighted by atomic mass is 32.2. The standard InChI is InChI=1S/C17H26N2O4S/c1-4-24(22,23)13-16(20)19-11-10-17(21,15(12-19)18(2)3)14-8-6-5-7-9-14/h5-9,15,21H,4,10-13H2,1-3H3/t15-,17+/m1/s1. The zero-order chi connectivity index (χ0) is 18.0. The molecule has 1 aromatic rings. The first-order chi connectivity index (χ1) is 11.2. The fraction of sp³-hybridized carbons (Fsp3) is 0.588. The van der Waals surface area contributed by atoms with Crippen LogP contribution in [0.4, 0.5) is 0 Å². The molecule has 0 aromatic heterocycles. The van der Waals surface area contributed by atoms with Crippen LogP contribution in [0.15, 0.2) is 30.3 Å². The SMILES string of the molecule is CCS(=O)(=O)CC(=O)N1CC[C@](O)(c2ccccc2)[C@H](N(C)C)C1. The van der Waals surface area contributed by atoms with Gasteiger partial charge in [-0.2, -0.15) is 0 Å². The van der Waals surface area contributed by atoms with E-state index in [1.54, 1.807) is 4.90 Å². The normalized spacial score (nSPS) is 25.0. The van der Waals surface area contributed by atoms with Gasteiger partial charge in [0, 0.05) is 18.8 Å². The maximum atomic E-state index is 12.3. The average Bonchev–Trinajstić information content (AvgIpc) is 2.55. The lowest BCUT2D eigenvalue weighted by molar-refractivity contribution is -0.139. The molecule has 2 atom stereocenters. The minimum Gasteiger partial charge on any atom is -0.383 e. The van der Waals surface area contributed by atoms with E-state index in [1.807, 2.05) is 49.3 Å². The lowest BCUT2D eigenvalue weighted by atomic mass is 9.80. The predicted octanol–water partition coefficient (Wildman–Crippen LogP) is 0.471. The summed E-state index contributed by atoms with van der Waals surface area (Å²) in [7, 11) is 0.359. The first-order valence-corrected chi connectivity index (χ1v) is 9.94. The van der Waals surface area contributed by atoms with E-state index in [-0.39, 0.29) is 17.7 Å². The van der Waals surface area contributed by atoms with Crippen LogP contribution in [0.25, 0.3) is 0 Å². The number of aliphatic hydroxyl groups is 1. The third kappa shape index (κ3) is 3.96. The molecule has 0 spiro atoms. The Balaban J connectivity index is 2.21. The molecule has 0 radical (unpaired) electrons. The summed E-state index contributed by atoms with van der Waals surface area (Å²) in [5, 5.41) is 11.3. The molecule has 1 heterocycles. The zero-order valence-electron chi connectivity index (χ0n) is 14.5. The number of piperidine rings is 1. The number of nitrogens with zero attached hydrogens (tertiary/aromatic N) is 2. The predicted molar refractivity (Wildman–Crippen MR) is 93.3 cm³/mol. The summed E-state index contributed by atoms with van der Waals surface area (Å²) in [6.07, 6.45) is 0.373. The van der Waals surface area contributed by atoms with Gasteiger partial charge in [-0.1, -0.05) is 37.3 Å². The van der Waals surface area contributed by atoms with E-state index in [1.165, 1.54) is 6.92 Å². The molecule has 6 nitrogen and oxygen atoms in total. The lowest BCUT2D eigenvalue weighted by Gasteiger charge is -2.47. The van der Waals surface area contributed by atoms with Crippen molar-refractivity contribution in [2.24, 2.45) is 0 Å². The summed E-state index contributed by atoms with van der Waals surface area (Å²) < 4.78 is 23.4. The van der Waals surface area contributed by atoms with Crippen LogP contribution in [0.2, 0.25) is 0 Å². The second-order valence-corrected chi connectivity index (χ2v) is 8.89. The molecule has 7 heteroatoms. The van der Waals surface area contributed by atoms with Gasteiger partial charge >= 0.3 is 0 Å². The molecule has 1 aromatic carbocycles. The topological polar surface area (TPSA) is 77.9 Å². The van der Waals surface area contributed by atoms with Gasteiger partial charge in [-0.05, 0) is 26.1 Å². The van der Waals surface area contributed by atoms with Gasteiger partial charge in [0.2, 0.25) is 5.91 Å². The number of hydrogen-bond donors (Lipinski definition) is 1. The first kappa shape index (κ1) is 18.9. The Morgan fingerprint density at radius 2 is 1.96 bits per heavy atom. The van der Waals surface area contributed by atoms with Crippen molar-refractivity contribution in [2.45, 2.75) is 25.0 Å². The van der Waals surface area contributed by atoms with Crippen molar-refractivity contribution in [3.05, 3.63) is 35.9 Å². The van der Waals surface area contributed by atoms with E-state index in [0.717, 1.165) is 5.56 Å². The van der Waals surface area contributed by atoms with Crippen LogP contribution in [0.3, 0.4) is 0 Å². The van der Waals surface area contributed by atoms with Gasteiger partial charge in [-0.25, -0.2) is 8.42 Å². The van der Waals surface area contributed by atoms with Crippen LogP contribution >= 0.6 is 0 Å². The van der Waals surface area contributed by atoms with Gasteiger partial charge in [0.05, 0.1) is 6.04 Å². The van der Waals surface area contributed by atoms with E-state index >= 15 is 0 Å². The summed E-state index contributed by atoms with van der Waals surface area (Å²) in [5.74, 6) is -0.899. The minimum absolute atomic E-state index is 0.0440. The Hall–Kier alpha value is -1.44. The van der Waals surface area contributed by atoms with Crippen molar-refractivity contribution in [1.82, 2.24) is 9.80 Å². The van der Waals surface area contributed by atoms with Crippen LogP contribution in [0, 0.1) is 0 Å². The van der Waals surface area contributed by atoms with Gasteiger partial charge in [-0.3, -0.25) is 4.79 Å². The quantitative estimate of drug-likeness (QED) is 0.832. The van der Waals surface area contributed by atoms with Crippen LogP contribution < -0.4 is 0 Å². The highest BCUT2D eigenvalue weighted by Gasteiger charge is 2.45. The van der Waals surface area contributed by atoms with E-state index < -0.39 is 21.2 Å². The van der Waals surface area contributed by atoms with E-state index in [2.05, 4.69) is 0 Å². The van der Waals surface area contributed by atoms with Crippen LogP contribution in [-0.2, 0) is 20.2 Å². The maximum Gasteiger partial charge on any atom is 0.237 e. The van der Waals surface area contributed by atoms with Crippen molar-refractivity contribution in [1.29, 1.82) is 0 Å². The number of hydrogen-bond acceptors (Lipinski definition) is 5. The smallest absolute Gasteiger partial charge is 0.237 e. The van der Waals surface area contributed by atoms with Crippen LogP contribution in [-0.4, -0.2) is 74.0 Å². The number of carbonyl (C=O) groups excluding carboxylic acids is 1. The summed E-state index contributed by atoms with van der Waals surface area (Å²) >= 11 is 0. The molecule has 134 valence electrons. The monoisotopic (exact) mass is 354 g/mol. The van der Waals surface area contributed by atoms with E-state index in [4.69, 9.17) is 0 Å². The summed E-state index contributed by atoms with van der Waals surface area (Å²) in [6, 6.07) is 9.12. The van der Waals surface area contributed by atoms with Crippen LogP contribution in [0.1, 0.15) is 18.9 Å². The first-order valence-electron chi connectivity index (χ1n) is 8.12. The van der Waals surface area contributed by atoms with Crippen molar-refractivity contribution < 1.29 is 18.3 Å². The summed E-state index contributed by atoms with van der Waals surface area (Å²) in [6.45, 7) is 2.18. The second-order valence-electron chi connectivity index (χ2n) is 6.54. The number of likely N-dealkylation sites (tertiary alicyclic amines) is 1. The van der Waals surface area contributed by atoms with Gasteiger partial charge in [0.25, 0.3) is 0 Å². The number of benzene rings is 1. The molecule has 0 bridgehead atoms. The summed E-state index contributed by atoms with van der Waals surface area (Å²) in [5.41, 5.74) is -0.248. The van der Waals surface area contributed by atoms with Crippen molar-refractivity contribution >= 4 is 15.7 Å². The third-order valence-corrected chi connectivity index (χ3v) is 6.31. The molecule has 1 aliphatic rings. The molecule has 0 aliphatic carbocycles. The fourth-order valence-corrected chi connectivity index (χ4v) is 3.95. The number of sulfone groups is 1. The summed E-state index contributed by atoms with van der Waals surface area (Å²) in [4.78, 5) is 15.8. The Morgan fingerprint density at radius 3 is 2.50 bits per heavy atom. The average molecular weight is 354 g/mol. The highest BCUT2D eigenvalue weighted by Crippen LogP contribution is 2.35. The van der Waals surface area contributed by atoms with Gasteiger partial charge in [0.15, 0.2) is 9.84 Å². The molecule has 2 rings (SSSR count). The van der Waals surface area contributed by atoms with Crippen molar-refractivity contribution in [3.8, 4) is 0 Å². The Morgan fingerprint density at radius 1 is 1.33 bits per heavy atom. The van der Waals surface area contributed by atoms with Gasteiger partial charge < -0.3 is 14.9 Å². The number of carbonyl (C=O) groups is 1. The number of likely N-dealkylation sites (N-methyl/N-ethyl adjacent to an activating group) is 1. The maximum absolute atomic E-state index is 12.3. The van der Waals surface area contributed by atoms with Crippen molar-refractivity contribution in [3.63, 3.8) is 0 Å². The molecule has 1 fully saturated rings. The zero-order valence-corrected chi connectivity index (χ0v) is 15.3. The van der Waals surface area contributed by atoms with E-state index in [9.17, 15) is 18.3 Å². The highest BCUT2D eigenvalue weighted by molar-refractivity contribution is 7.92. The molecular weight excluding hydrogens is 328 g/mol. The Bertz CT molecular complexity index is 675. The molecular formula is C17H26N2O4S. The van der Waals surface area contributed by atoms with E-state index in [0.29, 0.717) is 19.5 Å². The van der Waals surface area contributed by atoms with Crippen LogP contribution in [0.5, 0.6) is 0 Å². The number of amides is 1. The fourth-order valence-electron chi connectivity index (χ4n) is 3.19. The molecule has 0 unspecified atom stereocenters. The molecule has 1 amide bonds.